The molecule has 3 nitrogen and oxygen atoms in total. The van der Waals surface area contributed by atoms with Gasteiger partial charge in [-0.1, -0.05) is 13.8 Å². The Morgan fingerprint density at radius 2 is 2.04 bits per heavy atom. The fourth-order valence-electron chi connectivity index (χ4n) is 5.52. The van der Waals surface area contributed by atoms with Crippen LogP contribution in [-0.4, -0.2) is 40.7 Å². The van der Waals surface area contributed by atoms with Gasteiger partial charge in [0.15, 0.2) is 0 Å². The van der Waals surface area contributed by atoms with Crippen LogP contribution in [0.4, 0.5) is 13.2 Å². The van der Waals surface area contributed by atoms with Gasteiger partial charge in [0.1, 0.15) is 0 Å². The van der Waals surface area contributed by atoms with Crippen molar-refractivity contribution in [3.05, 3.63) is 35.5 Å². The molecule has 1 aromatic carbocycles. The minimum Gasteiger partial charge on any atom is -0.299 e. The number of benzene rings is 1. The van der Waals surface area contributed by atoms with Crippen molar-refractivity contribution in [2.24, 2.45) is 11.8 Å². The number of rotatable bonds is 2. The van der Waals surface area contributed by atoms with Crippen LogP contribution >= 0.6 is 0 Å². The standard InChI is InChI=1S/C22H25F3N2O/c1-13-18-10-16-9-15-5-7-27(20(28)22(23,24)25)19(15)11-17(16)21(13,2)6-8-26(18)12-14-3-4-14/h5,7,9,11,13-14,18H,3-4,6,8,10,12H2,1-2H3/t13-,18+,21+/m0/s1. The second-order valence-corrected chi connectivity index (χ2v) is 9.22. The van der Waals surface area contributed by atoms with Crippen LogP contribution in [0.5, 0.6) is 0 Å². The molecule has 0 radical (unpaired) electrons. The van der Waals surface area contributed by atoms with E-state index < -0.39 is 12.1 Å². The Hall–Kier alpha value is -1.82. The largest absolute Gasteiger partial charge is 0.472 e. The van der Waals surface area contributed by atoms with Gasteiger partial charge in [0.05, 0.1) is 5.52 Å². The molecule has 150 valence electrons. The molecule has 1 aliphatic heterocycles. The SMILES string of the molecule is C[C@H]1[C@H]2Cc3cc4ccn(C(=O)C(F)(F)F)c4cc3[C@]1(C)CCN2CC1CC1. The predicted molar refractivity (Wildman–Crippen MR) is 102 cm³/mol. The molecule has 0 unspecified atom stereocenters. The minimum absolute atomic E-state index is 0.0666. The van der Waals surface area contributed by atoms with Crippen LogP contribution in [0.15, 0.2) is 24.4 Å². The van der Waals surface area contributed by atoms with Crippen LogP contribution in [0.1, 0.15) is 49.0 Å². The van der Waals surface area contributed by atoms with E-state index in [0.29, 0.717) is 22.9 Å². The quantitative estimate of drug-likeness (QED) is 0.738. The summed E-state index contributed by atoms with van der Waals surface area (Å²) in [5.74, 6) is -0.539. The number of aromatic nitrogens is 1. The molecule has 1 aromatic heterocycles. The smallest absolute Gasteiger partial charge is 0.299 e. The van der Waals surface area contributed by atoms with Gasteiger partial charge in [-0.2, -0.15) is 13.2 Å². The number of nitrogens with zero attached hydrogens (tertiary/aromatic N) is 2. The van der Waals surface area contributed by atoms with Crippen molar-refractivity contribution in [1.29, 1.82) is 0 Å². The van der Waals surface area contributed by atoms with E-state index in [2.05, 4.69) is 18.7 Å². The molecule has 2 aromatic rings. The Kier molecular flexibility index (Phi) is 3.81. The van der Waals surface area contributed by atoms with Gasteiger partial charge in [-0.25, -0.2) is 0 Å². The molecule has 0 amide bonds. The Bertz CT molecular complexity index is 959. The third-order valence-electron chi connectivity index (χ3n) is 7.58. The molecule has 2 heterocycles. The highest BCUT2D eigenvalue weighted by molar-refractivity contribution is 5.95. The van der Waals surface area contributed by atoms with Gasteiger partial charge in [-0.15, -0.1) is 0 Å². The molecule has 6 heteroatoms. The molecular weight excluding hydrogens is 365 g/mol. The number of hydrogen-bond acceptors (Lipinski definition) is 2. The maximum atomic E-state index is 13.0. The molecule has 28 heavy (non-hydrogen) atoms. The van der Waals surface area contributed by atoms with Crippen LogP contribution < -0.4 is 0 Å². The summed E-state index contributed by atoms with van der Waals surface area (Å²) in [5.41, 5.74) is 2.66. The zero-order valence-electron chi connectivity index (χ0n) is 16.2. The highest BCUT2D eigenvalue weighted by Crippen LogP contribution is 2.50. The van der Waals surface area contributed by atoms with Gasteiger partial charge in [0, 0.05) is 24.2 Å². The van der Waals surface area contributed by atoms with Crippen LogP contribution in [0, 0.1) is 11.8 Å². The molecule has 1 saturated heterocycles. The summed E-state index contributed by atoms with van der Waals surface area (Å²) in [5, 5.41) is 0.710. The van der Waals surface area contributed by atoms with Crippen molar-refractivity contribution in [1.82, 2.24) is 9.47 Å². The van der Waals surface area contributed by atoms with Gasteiger partial charge in [-0.3, -0.25) is 14.3 Å². The number of halogens is 3. The molecular formula is C22H25F3N2O. The summed E-state index contributed by atoms with van der Waals surface area (Å²) in [6.45, 7) is 6.76. The summed E-state index contributed by atoms with van der Waals surface area (Å²) < 4.78 is 39.8. The van der Waals surface area contributed by atoms with Gasteiger partial charge < -0.3 is 0 Å². The number of alkyl halides is 3. The van der Waals surface area contributed by atoms with Crippen molar-refractivity contribution >= 4 is 16.8 Å². The van der Waals surface area contributed by atoms with E-state index in [-0.39, 0.29) is 5.41 Å². The van der Waals surface area contributed by atoms with E-state index in [1.807, 2.05) is 12.1 Å². The zero-order valence-corrected chi connectivity index (χ0v) is 16.2. The van der Waals surface area contributed by atoms with Crippen molar-refractivity contribution in [3.63, 3.8) is 0 Å². The highest BCUT2D eigenvalue weighted by Gasteiger charge is 2.49. The maximum absolute atomic E-state index is 13.0. The lowest BCUT2D eigenvalue weighted by Crippen LogP contribution is -2.58. The summed E-state index contributed by atoms with van der Waals surface area (Å²) >= 11 is 0. The van der Waals surface area contributed by atoms with Crippen LogP contribution in [0.2, 0.25) is 0 Å². The summed E-state index contributed by atoms with van der Waals surface area (Å²) in [7, 11) is 0. The number of fused-ring (bicyclic) bond motifs is 5. The third kappa shape index (κ3) is 2.64. The lowest BCUT2D eigenvalue weighted by Gasteiger charge is -2.54. The fraction of sp³-hybridized carbons (Fsp3) is 0.591. The molecule has 1 saturated carbocycles. The van der Waals surface area contributed by atoms with Crippen LogP contribution in [0.25, 0.3) is 10.9 Å². The molecule has 0 spiro atoms. The molecule has 0 N–H and O–H groups in total. The Morgan fingerprint density at radius 1 is 1.29 bits per heavy atom. The minimum atomic E-state index is -4.88. The van der Waals surface area contributed by atoms with E-state index >= 15 is 0 Å². The van der Waals surface area contributed by atoms with E-state index in [4.69, 9.17) is 0 Å². The van der Waals surface area contributed by atoms with Crippen LogP contribution in [-0.2, 0) is 11.8 Å². The molecule has 2 aliphatic carbocycles. The molecule has 3 aliphatic rings. The number of carbonyl (C=O) groups is 1. The highest BCUT2D eigenvalue weighted by atomic mass is 19.4. The van der Waals surface area contributed by atoms with Gasteiger partial charge in [0.2, 0.25) is 0 Å². The second-order valence-electron chi connectivity index (χ2n) is 9.22. The molecule has 3 atom stereocenters. The second kappa shape index (κ2) is 5.85. The van der Waals surface area contributed by atoms with E-state index in [1.165, 1.54) is 31.1 Å². The molecule has 2 bridgehead atoms. The fourth-order valence-corrected chi connectivity index (χ4v) is 5.52. The average Bonchev–Trinajstić information content (AvgIpc) is 3.35. The van der Waals surface area contributed by atoms with E-state index in [0.717, 1.165) is 35.4 Å². The first-order valence-corrected chi connectivity index (χ1v) is 10.2. The zero-order chi connectivity index (χ0) is 19.8. The Balaban J connectivity index is 1.59. The summed E-state index contributed by atoms with van der Waals surface area (Å²) in [6.07, 6.45) is 0.998. The number of hydrogen-bond donors (Lipinski definition) is 0. The summed E-state index contributed by atoms with van der Waals surface area (Å²) in [6, 6.07) is 5.99. The van der Waals surface area contributed by atoms with Crippen molar-refractivity contribution in [3.8, 4) is 0 Å². The first kappa shape index (κ1) is 18.2. The first-order valence-electron chi connectivity index (χ1n) is 10.2. The Labute approximate surface area is 162 Å². The average molecular weight is 390 g/mol. The lowest BCUT2D eigenvalue weighted by molar-refractivity contribution is -0.0942. The number of carbonyl (C=O) groups excluding carboxylic acids is 1. The van der Waals surface area contributed by atoms with Gasteiger partial charge in [0.25, 0.3) is 0 Å². The van der Waals surface area contributed by atoms with E-state index in [1.54, 1.807) is 6.07 Å². The number of likely N-dealkylation sites (tertiary alicyclic amines) is 1. The van der Waals surface area contributed by atoms with Crippen molar-refractivity contribution in [2.75, 3.05) is 13.1 Å². The van der Waals surface area contributed by atoms with Gasteiger partial charge in [-0.05, 0) is 78.8 Å². The topological polar surface area (TPSA) is 25.2 Å². The molecule has 2 fully saturated rings. The molecule has 5 rings (SSSR count). The normalized spacial score (nSPS) is 30.5. The Morgan fingerprint density at radius 3 is 2.71 bits per heavy atom. The maximum Gasteiger partial charge on any atom is 0.472 e. The van der Waals surface area contributed by atoms with Crippen LogP contribution in [0.3, 0.4) is 0 Å². The first-order chi connectivity index (χ1) is 13.2. The third-order valence-corrected chi connectivity index (χ3v) is 7.58. The monoisotopic (exact) mass is 390 g/mol. The predicted octanol–water partition coefficient (Wildman–Crippen LogP) is 4.78. The van der Waals surface area contributed by atoms with Crippen molar-refractivity contribution < 1.29 is 18.0 Å². The number of piperidine rings is 1. The van der Waals surface area contributed by atoms with E-state index in [9.17, 15) is 18.0 Å². The lowest BCUT2D eigenvalue weighted by atomic mass is 9.59. The van der Waals surface area contributed by atoms with Crippen molar-refractivity contribution in [2.45, 2.75) is 57.2 Å². The summed E-state index contributed by atoms with van der Waals surface area (Å²) in [4.78, 5) is 14.5. The van der Waals surface area contributed by atoms with Gasteiger partial charge >= 0.3 is 12.1 Å².